The van der Waals surface area contributed by atoms with Crippen molar-refractivity contribution in [3.05, 3.63) is 87.5 Å². The van der Waals surface area contributed by atoms with E-state index in [2.05, 4.69) is 20.9 Å². The molecule has 0 atom stereocenters. The number of hydrogen-bond acceptors (Lipinski definition) is 3. The summed E-state index contributed by atoms with van der Waals surface area (Å²) < 4.78 is 6.21. The van der Waals surface area contributed by atoms with Gasteiger partial charge in [0, 0.05) is 10.0 Å². The fraction of sp³-hybridized carbons (Fsp3) is 0.0526. The van der Waals surface area contributed by atoms with Crippen LogP contribution in [-0.4, -0.2) is 11.9 Å². The molecular weight excluding hydrogens is 354 g/mol. The van der Waals surface area contributed by atoms with E-state index < -0.39 is 5.97 Å². The molecule has 0 N–H and O–H groups in total. The monoisotopic (exact) mass is 367 g/mol. The molecule has 0 saturated heterocycles. The summed E-state index contributed by atoms with van der Waals surface area (Å²) in [6, 6.07) is 17.4. The van der Waals surface area contributed by atoms with Crippen LogP contribution in [0.1, 0.15) is 18.1 Å². The standard InChI is InChI=1S/C19H14BrNO2/c1-13(11-14-5-3-2-4-6-14)12-17-19(22)23-18(21-17)15-7-9-16(20)10-8-15/h2-12H,1H3/b13-11+,17-12-. The zero-order valence-corrected chi connectivity index (χ0v) is 14.1. The molecule has 114 valence electrons. The van der Waals surface area contributed by atoms with E-state index in [4.69, 9.17) is 4.74 Å². The predicted molar refractivity (Wildman–Crippen MR) is 94.9 cm³/mol. The molecule has 0 aliphatic carbocycles. The van der Waals surface area contributed by atoms with Crippen molar-refractivity contribution in [2.45, 2.75) is 6.92 Å². The van der Waals surface area contributed by atoms with Crippen LogP contribution < -0.4 is 0 Å². The van der Waals surface area contributed by atoms with Gasteiger partial charge in [0.2, 0.25) is 5.90 Å². The molecule has 1 aliphatic rings. The Kier molecular flexibility index (Phi) is 4.53. The van der Waals surface area contributed by atoms with E-state index in [1.807, 2.05) is 67.6 Å². The lowest BCUT2D eigenvalue weighted by Gasteiger charge is -1.98. The Bertz CT molecular complexity index is 818. The van der Waals surface area contributed by atoms with Crippen LogP contribution in [0.15, 0.2) is 81.4 Å². The average molecular weight is 368 g/mol. The number of allylic oxidation sites excluding steroid dienone is 2. The highest BCUT2D eigenvalue weighted by Gasteiger charge is 2.23. The summed E-state index contributed by atoms with van der Waals surface area (Å²) in [4.78, 5) is 16.3. The zero-order chi connectivity index (χ0) is 16.2. The maximum Gasteiger partial charge on any atom is 0.363 e. The number of carbonyl (C=O) groups excluding carboxylic acids is 1. The van der Waals surface area contributed by atoms with Crippen LogP contribution in [0, 0.1) is 0 Å². The van der Waals surface area contributed by atoms with E-state index in [1.54, 1.807) is 6.08 Å². The van der Waals surface area contributed by atoms with Gasteiger partial charge in [-0.3, -0.25) is 0 Å². The topological polar surface area (TPSA) is 38.7 Å². The first kappa shape index (κ1) is 15.4. The molecule has 1 aliphatic heterocycles. The van der Waals surface area contributed by atoms with E-state index in [9.17, 15) is 4.79 Å². The zero-order valence-electron chi connectivity index (χ0n) is 12.5. The van der Waals surface area contributed by atoms with E-state index in [1.165, 1.54) is 0 Å². The van der Waals surface area contributed by atoms with Crippen molar-refractivity contribution in [3.8, 4) is 0 Å². The molecule has 2 aromatic carbocycles. The smallest absolute Gasteiger partial charge is 0.363 e. The number of cyclic esters (lactones) is 1. The minimum atomic E-state index is -0.427. The fourth-order valence-corrected chi connectivity index (χ4v) is 2.46. The maximum atomic E-state index is 12.0. The molecule has 0 bridgehead atoms. The van der Waals surface area contributed by atoms with Crippen molar-refractivity contribution in [3.63, 3.8) is 0 Å². The van der Waals surface area contributed by atoms with Crippen molar-refractivity contribution in [1.29, 1.82) is 0 Å². The first-order valence-corrected chi connectivity index (χ1v) is 7.93. The molecule has 0 aromatic heterocycles. The van der Waals surface area contributed by atoms with Gasteiger partial charge in [-0.05, 0) is 48.4 Å². The molecule has 0 fully saturated rings. The third-order valence-electron chi connectivity index (χ3n) is 3.27. The fourth-order valence-electron chi connectivity index (χ4n) is 2.19. The molecule has 3 rings (SSSR count). The second-order valence-electron chi connectivity index (χ2n) is 5.14. The highest BCUT2D eigenvalue weighted by Crippen LogP contribution is 2.20. The summed E-state index contributed by atoms with van der Waals surface area (Å²) in [5, 5.41) is 0. The lowest BCUT2D eigenvalue weighted by Crippen LogP contribution is -2.05. The third kappa shape index (κ3) is 3.85. The van der Waals surface area contributed by atoms with Gasteiger partial charge in [-0.1, -0.05) is 52.3 Å². The van der Waals surface area contributed by atoms with Crippen LogP contribution in [-0.2, 0) is 9.53 Å². The summed E-state index contributed by atoms with van der Waals surface area (Å²) in [7, 11) is 0. The molecule has 0 radical (unpaired) electrons. The van der Waals surface area contributed by atoms with Gasteiger partial charge in [0.15, 0.2) is 5.70 Å². The Balaban J connectivity index is 1.86. The van der Waals surface area contributed by atoms with Gasteiger partial charge in [0.05, 0.1) is 0 Å². The predicted octanol–water partition coefficient (Wildman–Crippen LogP) is 4.74. The largest absolute Gasteiger partial charge is 0.402 e. The number of carbonyl (C=O) groups is 1. The number of aliphatic imine (C=N–C) groups is 1. The lowest BCUT2D eigenvalue weighted by atomic mass is 10.1. The number of esters is 1. The van der Waals surface area contributed by atoms with E-state index in [0.717, 1.165) is 21.2 Å². The second kappa shape index (κ2) is 6.75. The van der Waals surface area contributed by atoms with Crippen molar-refractivity contribution in [2.75, 3.05) is 0 Å². The van der Waals surface area contributed by atoms with Gasteiger partial charge in [-0.25, -0.2) is 9.79 Å². The first-order chi connectivity index (χ1) is 11.1. The normalized spacial score (nSPS) is 16.4. The van der Waals surface area contributed by atoms with Gasteiger partial charge in [0.25, 0.3) is 0 Å². The van der Waals surface area contributed by atoms with E-state index in [-0.39, 0.29) is 0 Å². The molecule has 23 heavy (non-hydrogen) atoms. The maximum absolute atomic E-state index is 12.0. The first-order valence-electron chi connectivity index (χ1n) is 7.14. The Morgan fingerprint density at radius 1 is 1.09 bits per heavy atom. The van der Waals surface area contributed by atoms with Crippen molar-refractivity contribution in [2.24, 2.45) is 4.99 Å². The Labute approximate surface area is 143 Å². The lowest BCUT2D eigenvalue weighted by molar-refractivity contribution is -0.130. The van der Waals surface area contributed by atoms with Gasteiger partial charge in [-0.15, -0.1) is 0 Å². The Hall–Kier alpha value is -2.46. The molecule has 0 spiro atoms. The van der Waals surface area contributed by atoms with Crippen LogP contribution in [0.5, 0.6) is 0 Å². The van der Waals surface area contributed by atoms with Gasteiger partial charge in [0.1, 0.15) is 0 Å². The Morgan fingerprint density at radius 2 is 1.78 bits per heavy atom. The summed E-state index contributed by atoms with van der Waals surface area (Å²) in [5.74, 6) is -0.0926. The highest BCUT2D eigenvalue weighted by atomic mass is 79.9. The van der Waals surface area contributed by atoms with Crippen LogP contribution in [0.3, 0.4) is 0 Å². The highest BCUT2D eigenvalue weighted by molar-refractivity contribution is 9.10. The van der Waals surface area contributed by atoms with Gasteiger partial charge in [-0.2, -0.15) is 0 Å². The summed E-state index contributed by atoms with van der Waals surface area (Å²) in [5.41, 5.74) is 3.09. The SMILES string of the molecule is CC(/C=C1\N=C(c2ccc(Br)cc2)OC1=O)=C\c1ccccc1. The Morgan fingerprint density at radius 3 is 2.48 bits per heavy atom. The molecule has 0 unspecified atom stereocenters. The number of halogens is 1. The third-order valence-corrected chi connectivity index (χ3v) is 3.80. The molecule has 4 heteroatoms. The molecule has 0 saturated carbocycles. The van der Waals surface area contributed by atoms with Gasteiger partial charge < -0.3 is 4.74 Å². The van der Waals surface area contributed by atoms with E-state index in [0.29, 0.717) is 11.6 Å². The minimum absolute atomic E-state index is 0.313. The number of ether oxygens (including phenoxy) is 1. The molecule has 2 aromatic rings. The summed E-state index contributed by atoms with van der Waals surface area (Å²) in [6.07, 6.45) is 3.73. The summed E-state index contributed by atoms with van der Waals surface area (Å²) >= 11 is 3.38. The second-order valence-corrected chi connectivity index (χ2v) is 6.06. The van der Waals surface area contributed by atoms with Crippen LogP contribution in [0.25, 0.3) is 6.08 Å². The molecular formula is C19H14BrNO2. The number of rotatable bonds is 3. The van der Waals surface area contributed by atoms with Crippen molar-refractivity contribution < 1.29 is 9.53 Å². The minimum Gasteiger partial charge on any atom is -0.402 e. The van der Waals surface area contributed by atoms with Crippen molar-refractivity contribution in [1.82, 2.24) is 0 Å². The molecule has 3 nitrogen and oxygen atoms in total. The number of hydrogen-bond donors (Lipinski definition) is 0. The van der Waals surface area contributed by atoms with Crippen LogP contribution >= 0.6 is 15.9 Å². The van der Waals surface area contributed by atoms with Crippen LogP contribution in [0.4, 0.5) is 0 Å². The number of benzene rings is 2. The molecule has 0 amide bonds. The average Bonchev–Trinajstić information content (AvgIpc) is 2.90. The van der Waals surface area contributed by atoms with E-state index >= 15 is 0 Å². The van der Waals surface area contributed by atoms with Crippen LogP contribution in [0.2, 0.25) is 0 Å². The van der Waals surface area contributed by atoms with Crippen molar-refractivity contribution >= 4 is 33.9 Å². The number of nitrogens with zero attached hydrogens (tertiary/aromatic N) is 1. The quantitative estimate of drug-likeness (QED) is 0.580. The summed E-state index contributed by atoms with van der Waals surface area (Å²) in [6.45, 7) is 1.93. The molecule has 1 heterocycles. The van der Waals surface area contributed by atoms with Gasteiger partial charge >= 0.3 is 5.97 Å².